The largest absolute Gasteiger partial charge is 0.495 e. The van der Waals surface area contributed by atoms with Crippen molar-refractivity contribution in [1.82, 2.24) is 14.3 Å². The van der Waals surface area contributed by atoms with Crippen molar-refractivity contribution >= 4 is 10.0 Å². The van der Waals surface area contributed by atoms with Crippen molar-refractivity contribution < 1.29 is 27.0 Å². The molecule has 0 bridgehead atoms. The first-order valence-electron chi connectivity index (χ1n) is 7.80. The quantitative estimate of drug-likeness (QED) is 0.746. The topological polar surface area (TPSA) is 90.9 Å². The Morgan fingerprint density at radius 1 is 1.19 bits per heavy atom. The Labute approximate surface area is 150 Å². The molecule has 3 rings (SSSR count). The van der Waals surface area contributed by atoms with Gasteiger partial charge in [0.15, 0.2) is 0 Å². The van der Waals surface area contributed by atoms with E-state index in [4.69, 9.17) is 14.2 Å². The summed E-state index contributed by atoms with van der Waals surface area (Å²) in [5, 5.41) is 0. The molecule has 1 unspecified atom stereocenters. The van der Waals surface area contributed by atoms with Crippen LogP contribution >= 0.6 is 0 Å². The second-order valence-corrected chi connectivity index (χ2v) is 7.49. The predicted octanol–water partition coefficient (Wildman–Crippen LogP) is 1.47. The molecule has 0 aliphatic carbocycles. The van der Waals surface area contributed by atoms with Gasteiger partial charge < -0.3 is 14.2 Å². The lowest BCUT2D eigenvalue weighted by atomic mass is 10.3. The average Bonchev–Trinajstić information content (AvgIpc) is 3.11. The molecule has 140 valence electrons. The van der Waals surface area contributed by atoms with Gasteiger partial charge in [-0.2, -0.15) is 9.29 Å². The minimum atomic E-state index is -3.91. The predicted molar refractivity (Wildman–Crippen MR) is 89.3 cm³/mol. The first kappa shape index (κ1) is 18.3. The molecule has 10 heteroatoms. The van der Waals surface area contributed by atoms with Gasteiger partial charge in [0.2, 0.25) is 21.8 Å². The monoisotopic (exact) mass is 383 g/mol. The van der Waals surface area contributed by atoms with Crippen molar-refractivity contribution in [1.29, 1.82) is 0 Å². The number of methoxy groups -OCH3 is 2. The number of ether oxygens (including phenoxy) is 3. The Balaban J connectivity index is 1.76. The number of hydrogen-bond acceptors (Lipinski definition) is 7. The standard InChI is InChI=1S/C16H18FN3O5S/c1-23-13-4-3-11(17)7-14(13)26(21,22)20-6-5-12(10-20)25-16-9-18-8-15(19-16)24-2/h3-4,7-9,12H,5-6,10H2,1-2H3. The molecule has 1 aromatic carbocycles. The van der Waals surface area contributed by atoms with Gasteiger partial charge in [-0.05, 0) is 24.6 Å². The highest BCUT2D eigenvalue weighted by atomic mass is 32.2. The van der Waals surface area contributed by atoms with Crippen LogP contribution in [0.3, 0.4) is 0 Å². The minimum absolute atomic E-state index is 0.0921. The highest BCUT2D eigenvalue weighted by molar-refractivity contribution is 7.89. The van der Waals surface area contributed by atoms with Crippen LogP contribution in [0, 0.1) is 5.82 Å². The van der Waals surface area contributed by atoms with E-state index in [1.54, 1.807) is 0 Å². The molecule has 0 radical (unpaired) electrons. The van der Waals surface area contributed by atoms with E-state index < -0.39 is 21.9 Å². The second kappa shape index (κ2) is 7.42. The fourth-order valence-electron chi connectivity index (χ4n) is 2.66. The molecule has 1 atom stereocenters. The number of sulfonamides is 1. The van der Waals surface area contributed by atoms with Crippen LogP contribution in [0.2, 0.25) is 0 Å². The summed E-state index contributed by atoms with van der Waals surface area (Å²) in [5.74, 6) is -0.0103. The zero-order valence-electron chi connectivity index (χ0n) is 14.3. The molecular weight excluding hydrogens is 365 g/mol. The van der Waals surface area contributed by atoms with Crippen LogP contribution in [-0.2, 0) is 10.0 Å². The molecule has 2 aromatic rings. The van der Waals surface area contributed by atoms with Crippen LogP contribution in [0.15, 0.2) is 35.5 Å². The first-order valence-corrected chi connectivity index (χ1v) is 9.24. The molecule has 1 fully saturated rings. The van der Waals surface area contributed by atoms with Crippen molar-refractivity contribution in [2.75, 3.05) is 27.3 Å². The molecule has 0 saturated carbocycles. The van der Waals surface area contributed by atoms with Gasteiger partial charge in [-0.25, -0.2) is 12.8 Å². The van der Waals surface area contributed by atoms with Crippen LogP contribution < -0.4 is 14.2 Å². The summed E-state index contributed by atoms with van der Waals surface area (Å²) < 4.78 is 56.2. The van der Waals surface area contributed by atoms with Crippen molar-refractivity contribution in [3.63, 3.8) is 0 Å². The van der Waals surface area contributed by atoms with Crippen LogP contribution in [0.5, 0.6) is 17.5 Å². The summed E-state index contributed by atoms with van der Waals surface area (Å²) in [6, 6.07) is 3.39. The number of aromatic nitrogens is 2. The van der Waals surface area contributed by atoms with Crippen molar-refractivity contribution in [2.45, 2.75) is 17.4 Å². The van der Waals surface area contributed by atoms with E-state index in [0.29, 0.717) is 12.3 Å². The SMILES string of the molecule is COc1cncc(OC2CCN(S(=O)(=O)c3cc(F)ccc3OC)C2)n1. The van der Waals surface area contributed by atoms with Crippen LogP contribution in [0.1, 0.15) is 6.42 Å². The Morgan fingerprint density at radius 3 is 2.69 bits per heavy atom. The minimum Gasteiger partial charge on any atom is -0.495 e. The number of halogens is 1. The molecule has 0 amide bonds. The normalized spacial score (nSPS) is 17.9. The number of hydrogen-bond donors (Lipinski definition) is 0. The Bertz CT molecular complexity index is 893. The average molecular weight is 383 g/mol. The van der Waals surface area contributed by atoms with Gasteiger partial charge in [0.25, 0.3) is 0 Å². The highest BCUT2D eigenvalue weighted by Crippen LogP contribution is 2.30. The lowest BCUT2D eigenvalue weighted by Crippen LogP contribution is -2.31. The van der Waals surface area contributed by atoms with Gasteiger partial charge in [-0.1, -0.05) is 0 Å². The summed E-state index contributed by atoms with van der Waals surface area (Å²) in [4.78, 5) is 7.83. The fraction of sp³-hybridized carbons (Fsp3) is 0.375. The molecule has 0 spiro atoms. The molecule has 8 nitrogen and oxygen atoms in total. The molecule has 1 saturated heterocycles. The van der Waals surface area contributed by atoms with E-state index in [0.717, 1.165) is 12.1 Å². The maximum absolute atomic E-state index is 13.5. The molecular formula is C16H18FN3O5S. The van der Waals surface area contributed by atoms with E-state index in [1.165, 1.54) is 37.0 Å². The van der Waals surface area contributed by atoms with Crippen molar-refractivity contribution in [3.8, 4) is 17.5 Å². The van der Waals surface area contributed by atoms with Gasteiger partial charge >= 0.3 is 0 Å². The highest BCUT2D eigenvalue weighted by Gasteiger charge is 2.35. The third-order valence-corrected chi connectivity index (χ3v) is 5.82. The Morgan fingerprint density at radius 2 is 1.96 bits per heavy atom. The van der Waals surface area contributed by atoms with E-state index >= 15 is 0 Å². The lowest BCUT2D eigenvalue weighted by molar-refractivity contribution is 0.203. The smallest absolute Gasteiger partial charge is 0.246 e. The third-order valence-electron chi connectivity index (χ3n) is 3.94. The zero-order valence-corrected chi connectivity index (χ0v) is 15.1. The molecule has 2 heterocycles. The maximum atomic E-state index is 13.5. The summed E-state index contributed by atoms with van der Waals surface area (Å²) in [5.41, 5.74) is 0. The van der Waals surface area contributed by atoms with Gasteiger partial charge in [0.05, 0.1) is 33.2 Å². The fourth-order valence-corrected chi connectivity index (χ4v) is 4.31. The van der Waals surface area contributed by atoms with Gasteiger partial charge in [-0.3, -0.25) is 4.98 Å². The molecule has 1 aliphatic heterocycles. The summed E-state index contributed by atoms with van der Waals surface area (Å²) in [6.07, 6.45) is 2.94. The summed E-state index contributed by atoms with van der Waals surface area (Å²) >= 11 is 0. The number of rotatable bonds is 6. The van der Waals surface area contributed by atoms with E-state index in [1.807, 2.05) is 0 Å². The van der Waals surface area contributed by atoms with E-state index in [9.17, 15) is 12.8 Å². The maximum Gasteiger partial charge on any atom is 0.246 e. The number of nitrogens with zero attached hydrogens (tertiary/aromatic N) is 3. The molecule has 1 aliphatic rings. The van der Waals surface area contributed by atoms with Gasteiger partial charge in [-0.15, -0.1) is 0 Å². The second-order valence-electron chi connectivity index (χ2n) is 5.59. The molecule has 0 N–H and O–H groups in total. The summed E-state index contributed by atoms with van der Waals surface area (Å²) in [7, 11) is -1.12. The van der Waals surface area contributed by atoms with Gasteiger partial charge in [0, 0.05) is 6.54 Å². The van der Waals surface area contributed by atoms with Crippen molar-refractivity contribution in [2.24, 2.45) is 0 Å². The number of benzene rings is 1. The lowest BCUT2D eigenvalue weighted by Gasteiger charge is -2.18. The zero-order chi connectivity index (χ0) is 18.7. The van der Waals surface area contributed by atoms with E-state index in [2.05, 4.69) is 9.97 Å². The van der Waals surface area contributed by atoms with Gasteiger partial charge in [0.1, 0.15) is 22.6 Å². The molecule has 26 heavy (non-hydrogen) atoms. The van der Waals surface area contributed by atoms with Crippen LogP contribution in [0.4, 0.5) is 4.39 Å². The van der Waals surface area contributed by atoms with Crippen molar-refractivity contribution in [3.05, 3.63) is 36.4 Å². The van der Waals surface area contributed by atoms with Crippen LogP contribution in [0.25, 0.3) is 0 Å². The van der Waals surface area contributed by atoms with Crippen LogP contribution in [-0.4, -0.2) is 56.1 Å². The Kier molecular flexibility index (Phi) is 5.23. The van der Waals surface area contributed by atoms with E-state index in [-0.39, 0.29) is 29.6 Å². The summed E-state index contributed by atoms with van der Waals surface area (Å²) in [6.45, 7) is 0.352. The Hall–Kier alpha value is -2.46. The first-order chi connectivity index (χ1) is 12.4. The third kappa shape index (κ3) is 3.70. The molecule has 1 aromatic heterocycles.